The highest BCUT2D eigenvalue weighted by molar-refractivity contribution is 5.69. The molecule has 1 aliphatic rings. The number of ether oxygens (including phenoxy) is 1. The Balaban J connectivity index is 1.58. The first-order chi connectivity index (χ1) is 11.9. The smallest absolute Gasteiger partial charge is 0.0994 e. The second-order valence-electron chi connectivity index (χ2n) is 6.43. The molecule has 0 amide bonds. The molecule has 1 aromatic carbocycles. The van der Waals surface area contributed by atoms with Crippen LogP contribution >= 0.6 is 0 Å². The molecule has 4 nitrogen and oxygen atoms in total. The summed E-state index contributed by atoms with van der Waals surface area (Å²) in [6.45, 7) is 3.69. The van der Waals surface area contributed by atoms with Crippen molar-refractivity contribution in [3.05, 3.63) is 60.7 Å². The van der Waals surface area contributed by atoms with Crippen LogP contribution in [0.25, 0.3) is 16.6 Å². The Morgan fingerprint density at radius 2 is 1.92 bits per heavy atom. The lowest BCUT2D eigenvalue weighted by molar-refractivity contribution is 0.0662. The molecule has 1 aliphatic heterocycles. The molecule has 0 radical (unpaired) electrons. The van der Waals surface area contributed by atoms with E-state index in [0.29, 0.717) is 0 Å². The molecular weight excluding hydrogens is 298 g/mol. The van der Waals surface area contributed by atoms with E-state index in [1.54, 1.807) is 0 Å². The van der Waals surface area contributed by atoms with Crippen LogP contribution in [0.3, 0.4) is 0 Å². The molecule has 0 saturated carbocycles. The van der Waals surface area contributed by atoms with Crippen LogP contribution < -0.4 is 5.32 Å². The van der Waals surface area contributed by atoms with Gasteiger partial charge in [0.2, 0.25) is 0 Å². The summed E-state index contributed by atoms with van der Waals surface area (Å²) in [6, 6.07) is 14.9. The molecule has 4 rings (SSSR count). The Bertz CT molecular complexity index is 791. The molecule has 0 unspecified atom stereocenters. The first-order valence-electron chi connectivity index (χ1n) is 8.69. The van der Waals surface area contributed by atoms with Crippen LogP contribution in [-0.4, -0.2) is 29.1 Å². The van der Waals surface area contributed by atoms with Crippen molar-refractivity contribution in [2.75, 3.05) is 19.8 Å². The highest BCUT2D eigenvalue weighted by atomic mass is 16.5. The first-order valence-corrected chi connectivity index (χ1v) is 8.69. The van der Waals surface area contributed by atoms with Gasteiger partial charge in [-0.15, -0.1) is 0 Å². The first kappa shape index (κ1) is 15.4. The van der Waals surface area contributed by atoms with Crippen molar-refractivity contribution >= 4 is 5.52 Å². The quantitative estimate of drug-likeness (QED) is 0.781. The lowest BCUT2D eigenvalue weighted by Crippen LogP contribution is -2.28. The molecule has 0 bridgehead atoms. The van der Waals surface area contributed by atoms with Crippen molar-refractivity contribution in [2.45, 2.75) is 19.4 Å². The summed E-state index contributed by atoms with van der Waals surface area (Å²) in [5.41, 5.74) is 4.91. The predicted molar refractivity (Wildman–Crippen MR) is 95.9 cm³/mol. The van der Waals surface area contributed by atoms with Crippen LogP contribution in [0.4, 0.5) is 0 Å². The van der Waals surface area contributed by atoms with Crippen molar-refractivity contribution in [2.24, 2.45) is 5.92 Å². The maximum atomic E-state index is 5.45. The summed E-state index contributed by atoms with van der Waals surface area (Å²) < 4.78 is 7.64. The van der Waals surface area contributed by atoms with Crippen LogP contribution in [0.5, 0.6) is 0 Å². The number of pyridine rings is 1. The molecule has 2 aromatic heterocycles. The number of rotatable bonds is 5. The highest BCUT2D eigenvalue weighted by Gasteiger charge is 2.14. The average molecular weight is 321 g/mol. The van der Waals surface area contributed by atoms with Crippen molar-refractivity contribution in [3.63, 3.8) is 0 Å². The van der Waals surface area contributed by atoms with Gasteiger partial charge in [0.1, 0.15) is 0 Å². The Hall–Kier alpha value is -2.17. The van der Waals surface area contributed by atoms with Crippen molar-refractivity contribution in [1.29, 1.82) is 0 Å². The molecule has 0 spiro atoms. The fraction of sp³-hybridized carbons (Fsp3) is 0.350. The number of nitrogens with one attached hydrogen (secondary N) is 1. The number of hydrogen-bond donors (Lipinski definition) is 1. The van der Waals surface area contributed by atoms with Gasteiger partial charge in [-0.2, -0.15) is 0 Å². The average Bonchev–Trinajstić information content (AvgIpc) is 3.12. The Labute approximate surface area is 142 Å². The maximum absolute atomic E-state index is 5.45. The minimum absolute atomic E-state index is 0.723. The van der Waals surface area contributed by atoms with Crippen LogP contribution in [0.1, 0.15) is 18.5 Å². The third kappa shape index (κ3) is 3.21. The Morgan fingerprint density at radius 3 is 2.75 bits per heavy atom. The number of imidazole rings is 1. The second-order valence-corrected chi connectivity index (χ2v) is 6.43. The van der Waals surface area contributed by atoms with E-state index < -0.39 is 0 Å². The maximum Gasteiger partial charge on any atom is 0.0994 e. The Kier molecular flexibility index (Phi) is 4.58. The molecular formula is C20H23N3O. The van der Waals surface area contributed by atoms with Gasteiger partial charge in [0.15, 0.2) is 0 Å². The number of aromatic nitrogens is 2. The van der Waals surface area contributed by atoms with Crippen LogP contribution in [-0.2, 0) is 11.3 Å². The van der Waals surface area contributed by atoms with Gasteiger partial charge in [0.05, 0.1) is 18.0 Å². The molecule has 3 aromatic rings. The van der Waals surface area contributed by atoms with Crippen LogP contribution in [0.2, 0.25) is 0 Å². The monoisotopic (exact) mass is 321 g/mol. The lowest BCUT2D eigenvalue weighted by Gasteiger charge is -2.22. The van der Waals surface area contributed by atoms with Crippen LogP contribution in [0.15, 0.2) is 55.0 Å². The van der Waals surface area contributed by atoms with Crippen molar-refractivity contribution in [1.82, 2.24) is 14.7 Å². The van der Waals surface area contributed by atoms with Gasteiger partial charge in [0, 0.05) is 31.0 Å². The van der Waals surface area contributed by atoms with Gasteiger partial charge in [0.25, 0.3) is 0 Å². The van der Waals surface area contributed by atoms with E-state index in [4.69, 9.17) is 4.74 Å². The van der Waals surface area contributed by atoms with Gasteiger partial charge in [-0.25, -0.2) is 4.98 Å². The minimum Gasteiger partial charge on any atom is -0.381 e. The Morgan fingerprint density at radius 1 is 1.08 bits per heavy atom. The predicted octanol–water partition coefficient (Wildman–Crippen LogP) is 3.52. The SMILES string of the molecule is c1ccc(-c2ccc3cncn3c2CNCC2CCOCC2)cc1. The zero-order valence-electron chi connectivity index (χ0n) is 13.8. The van der Waals surface area contributed by atoms with E-state index in [1.807, 2.05) is 12.5 Å². The summed E-state index contributed by atoms with van der Waals surface area (Å²) in [5.74, 6) is 0.723. The molecule has 4 heteroatoms. The van der Waals surface area contributed by atoms with Gasteiger partial charge in [-0.05, 0) is 36.9 Å². The van der Waals surface area contributed by atoms with Gasteiger partial charge < -0.3 is 14.5 Å². The largest absolute Gasteiger partial charge is 0.381 e. The van der Waals surface area contributed by atoms with E-state index in [9.17, 15) is 0 Å². The van der Waals surface area contributed by atoms with Crippen LogP contribution in [0, 0.1) is 5.92 Å². The van der Waals surface area contributed by atoms with Crippen molar-refractivity contribution in [3.8, 4) is 11.1 Å². The standard InChI is InChI=1S/C20H23N3O/c1-2-4-17(5-3-1)19-7-6-18-13-22-15-23(18)20(19)14-21-12-16-8-10-24-11-9-16/h1-7,13,15-16,21H,8-12,14H2. The van der Waals surface area contributed by atoms with E-state index in [0.717, 1.165) is 50.6 Å². The highest BCUT2D eigenvalue weighted by Crippen LogP contribution is 2.25. The number of fused-ring (bicyclic) bond motifs is 1. The normalized spacial score (nSPS) is 15.8. The summed E-state index contributed by atoms with van der Waals surface area (Å²) in [7, 11) is 0. The second kappa shape index (κ2) is 7.16. The van der Waals surface area contributed by atoms with Gasteiger partial charge in [-0.1, -0.05) is 36.4 Å². The van der Waals surface area contributed by atoms with E-state index in [-0.39, 0.29) is 0 Å². The minimum atomic E-state index is 0.723. The number of nitrogens with zero attached hydrogens (tertiary/aromatic N) is 2. The molecule has 1 saturated heterocycles. The third-order valence-corrected chi connectivity index (χ3v) is 4.84. The molecule has 3 heterocycles. The number of benzene rings is 1. The van der Waals surface area contributed by atoms with Crippen molar-refractivity contribution < 1.29 is 4.74 Å². The van der Waals surface area contributed by atoms with E-state index >= 15 is 0 Å². The van der Waals surface area contributed by atoms with E-state index in [2.05, 4.69) is 57.2 Å². The fourth-order valence-electron chi connectivity index (χ4n) is 3.45. The van der Waals surface area contributed by atoms with Gasteiger partial charge in [-0.3, -0.25) is 0 Å². The number of hydrogen-bond acceptors (Lipinski definition) is 3. The fourth-order valence-corrected chi connectivity index (χ4v) is 3.45. The molecule has 24 heavy (non-hydrogen) atoms. The summed E-state index contributed by atoms with van der Waals surface area (Å²) in [4.78, 5) is 4.31. The molecule has 124 valence electrons. The summed E-state index contributed by atoms with van der Waals surface area (Å²) in [5, 5.41) is 3.66. The summed E-state index contributed by atoms with van der Waals surface area (Å²) >= 11 is 0. The molecule has 0 atom stereocenters. The van der Waals surface area contributed by atoms with Gasteiger partial charge >= 0.3 is 0 Å². The summed E-state index contributed by atoms with van der Waals surface area (Å²) in [6.07, 6.45) is 6.14. The molecule has 1 fully saturated rings. The molecule has 0 aliphatic carbocycles. The molecule has 1 N–H and O–H groups in total. The zero-order chi connectivity index (χ0) is 16.2. The zero-order valence-corrected chi connectivity index (χ0v) is 13.8. The lowest BCUT2D eigenvalue weighted by atomic mass is 10.00. The third-order valence-electron chi connectivity index (χ3n) is 4.84. The topological polar surface area (TPSA) is 38.6 Å². The van der Waals surface area contributed by atoms with E-state index in [1.165, 1.54) is 16.8 Å².